The van der Waals surface area contributed by atoms with E-state index in [1.165, 1.54) is 0 Å². The van der Waals surface area contributed by atoms with Gasteiger partial charge in [-0.15, -0.1) is 0 Å². The standard InChI is InChI=1S/C11H15F3N2/c1-16(7-3-6-11(12,13)14)10-5-2-4-9(15)8-10/h2,4-5,8H,3,6-7,15H2,1H3. The number of hydrogen-bond acceptors (Lipinski definition) is 2. The van der Waals surface area contributed by atoms with Crippen LogP contribution in [0.4, 0.5) is 24.5 Å². The van der Waals surface area contributed by atoms with Gasteiger partial charge in [-0.1, -0.05) is 6.07 Å². The Kier molecular flexibility index (Phi) is 4.04. The molecule has 0 aliphatic rings. The minimum atomic E-state index is -4.07. The lowest BCUT2D eigenvalue weighted by Crippen LogP contribution is -2.20. The predicted molar refractivity (Wildman–Crippen MR) is 59.4 cm³/mol. The third kappa shape index (κ3) is 4.42. The van der Waals surface area contributed by atoms with Crippen LogP contribution in [0.25, 0.3) is 0 Å². The molecule has 0 saturated heterocycles. The van der Waals surface area contributed by atoms with E-state index in [0.717, 1.165) is 5.69 Å². The third-order valence-electron chi connectivity index (χ3n) is 2.26. The van der Waals surface area contributed by atoms with Gasteiger partial charge in [-0.3, -0.25) is 0 Å². The summed E-state index contributed by atoms with van der Waals surface area (Å²) in [5.74, 6) is 0. The molecule has 2 N–H and O–H groups in total. The molecular formula is C11H15F3N2. The first-order valence-electron chi connectivity index (χ1n) is 5.02. The zero-order valence-corrected chi connectivity index (χ0v) is 9.09. The summed E-state index contributed by atoms with van der Waals surface area (Å²) < 4.78 is 35.8. The van der Waals surface area contributed by atoms with Crippen molar-refractivity contribution in [1.29, 1.82) is 0 Å². The van der Waals surface area contributed by atoms with Crippen molar-refractivity contribution in [1.82, 2.24) is 0 Å². The Balaban J connectivity index is 2.44. The van der Waals surface area contributed by atoms with E-state index in [1.807, 2.05) is 6.07 Å². The van der Waals surface area contributed by atoms with Gasteiger partial charge in [0, 0.05) is 31.4 Å². The second-order valence-corrected chi connectivity index (χ2v) is 3.74. The van der Waals surface area contributed by atoms with Gasteiger partial charge in [-0.05, 0) is 24.6 Å². The Hall–Kier alpha value is -1.39. The SMILES string of the molecule is CN(CCCC(F)(F)F)c1cccc(N)c1. The number of nitrogens with two attached hydrogens (primary N) is 1. The van der Waals surface area contributed by atoms with Gasteiger partial charge in [0.15, 0.2) is 0 Å². The fourth-order valence-corrected chi connectivity index (χ4v) is 1.41. The van der Waals surface area contributed by atoms with Crippen molar-refractivity contribution in [3.63, 3.8) is 0 Å². The van der Waals surface area contributed by atoms with Gasteiger partial charge in [0.2, 0.25) is 0 Å². The molecule has 0 unspecified atom stereocenters. The highest BCUT2D eigenvalue weighted by molar-refractivity contribution is 5.55. The van der Waals surface area contributed by atoms with E-state index in [2.05, 4.69) is 0 Å². The molecule has 1 rings (SSSR count). The lowest BCUT2D eigenvalue weighted by atomic mass is 10.2. The van der Waals surface area contributed by atoms with Crippen LogP contribution in [0.15, 0.2) is 24.3 Å². The summed E-state index contributed by atoms with van der Waals surface area (Å²) in [6, 6.07) is 7.09. The van der Waals surface area contributed by atoms with Crippen molar-refractivity contribution in [2.24, 2.45) is 0 Å². The molecule has 0 bridgehead atoms. The van der Waals surface area contributed by atoms with Crippen molar-refractivity contribution in [2.75, 3.05) is 24.2 Å². The third-order valence-corrected chi connectivity index (χ3v) is 2.26. The van der Waals surface area contributed by atoms with E-state index in [-0.39, 0.29) is 6.42 Å². The molecule has 0 aromatic heterocycles. The molecular weight excluding hydrogens is 217 g/mol. The maximum atomic E-state index is 11.9. The van der Waals surface area contributed by atoms with Crippen LogP contribution in [-0.2, 0) is 0 Å². The van der Waals surface area contributed by atoms with Crippen LogP contribution in [0.3, 0.4) is 0 Å². The van der Waals surface area contributed by atoms with Crippen LogP contribution in [0.1, 0.15) is 12.8 Å². The second kappa shape index (κ2) is 5.09. The summed E-state index contributed by atoms with van der Waals surface area (Å²) in [6.45, 7) is 0.364. The van der Waals surface area contributed by atoms with Crippen LogP contribution in [0.2, 0.25) is 0 Å². The molecule has 0 amide bonds. The second-order valence-electron chi connectivity index (χ2n) is 3.74. The number of nitrogens with zero attached hydrogens (tertiary/aromatic N) is 1. The number of rotatable bonds is 4. The molecule has 1 aromatic rings. The molecule has 0 aliphatic heterocycles. The van der Waals surface area contributed by atoms with Crippen molar-refractivity contribution >= 4 is 11.4 Å². The minimum absolute atomic E-state index is 0.0921. The minimum Gasteiger partial charge on any atom is -0.399 e. The molecule has 0 spiro atoms. The number of nitrogen functional groups attached to an aromatic ring is 1. The van der Waals surface area contributed by atoms with Gasteiger partial charge in [0.1, 0.15) is 0 Å². The first-order valence-corrected chi connectivity index (χ1v) is 5.02. The molecule has 16 heavy (non-hydrogen) atoms. The fraction of sp³-hybridized carbons (Fsp3) is 0.455. The van der Waals surface area contributed by atoms with Crippen LogP contribution in [0.5, 0.6) is 0 Å². The smallest absolute Gasteiger partial charge is 0.389 e. The van der Waals surface area contributed by atoms with Gasteiger partial charge < -0.3 is 10.6 Å². The normalized spacial score (nSPS) is 11.5. The van der Waals surface area contributed by atoms with E-state index in [4.69, 9.17) is 5.73 Å². The quantitative estimate of drug-likeness (QED) is 0.808. The fourth-order valence-electron chi connectivity index (χ4n) is 1.41. The topological polar surface area (TPSA) is 29.3 Å². The number of halogens is 3. The summed E-state index contributed by atoms with van der Waals surface area (Å²) in [7, 11) is 1.76. The average Bonchev–Trinajstić information content (AvgIpc) is 2.15. The molecule has 1 aromatic carbocycles. The predicted octanol–water partition coefficient (Wildman–Crippen LogP) is 3.05. The zero-order chi connectivity index (χ0) is 12.2. The molecule has 0 radical (unpaired) electrons. The monoisotopic (exact) mass is 232 g/mol. The van der Waals surface area contributed by atoms with E-state index in [1.54, 1.807) is 30.1 Å². The largest absolute Gasteiger partial charge is 0.399 e. The summed E-state index contributed by atoms with van der Waals surface area (Å²) in [5.41, 5.74) is 7.03. The average molecular weight is 232 g/mol. The zero-order valence-electron chi connectivity index (χ0n) is 9.09. The van der Waals surface area contributed by atoms with Gasteiger partial charge in [0.25, 0.3) is 0 Å². The van der Waals surface area contributed by atoms with Gasteiger partial charge >= 0.3 is 6.18 Å². The van der Waals surface area contributed by atoms with E-state index < -0.39 is 12.6 Å². The number of benzene rings is 1. The van der Waals surface area contributed by atoms with Crippen molar-refractivity contribution in [3.8, 4) is 0 Å². The van der Waals surface area contributed by atoms with Crippen LogP contribution >= 0.6 is 0 Å². The summed E-state index contributed by atoms with van der Waals surface area (Å²) in [5, 5.41) is 0. The molecule has 0 heterocycles. The van der Waals surface area contributed by atoms with Crippen LogP contribution in [0, 0.1) is 0 Å². The number of anilines is 2. The van der Waals surface area contributed by atoms with Crippen molar-refractivity contribution < 1.29 is 13.2 Å². The summed E-state index contributed by atoms with van der Waals surface area (Å²) in [4.78, 5) is 1.77. The van der Waals surface area contributed by atoms with Crippen molar-refractivity contribution in [3.05, 3.63) is 24.3 Å². The lowest BCUT2D eigenvalue weighted by molar-refractivity contribution is -0.135. The van der Waals surface area contributed by atoms with Crippen LogP contribution in [-0.4, -0.2) is 19.8 Å². The lowest BCUT2D eigenvalue weighted by Gasteiger charge is -2.19. The molecule has 90 valence electrons. The van der Waals surface area contributed by atoms with Crippen LogP contribution < -0.4 is 10.6 Å². The van der Waals surface area contributed by atoms with Gasteiger partial charge in [0.05, 0.1) is 0 Å². The number of alkyl halides is 3. The maximum absolute atomic E-state index is 11.9. The highest BCUT2D eigenvalue weighted by Gasteiger charge is 2.26. The summed E-state index contributed by atoms with van der Waals surface area (Å²) in [6.07, 6.45) is -4.73. The van der Waals surface area contributed by atoms with E-state index in [0.29, 0.717) is 12.2 Å². The van der Waals surface area contributed by atoms with Crippen molar-refractivity contribution in [2.45, 2.75) is 19.0 Å². The van der Waals surface area contributed by atoms with E-state index in [9.17, 15) is 13.2 Å². The number of hydrogen-bond donors (Lipinski definition) is 1. The highest BCUT2D eigenvalue weighted by atomic mass is 19.4. The Labute approximate surface area is 92.9 Å². The molecule has 0 fully saturated rings. The highest BCUT2D eigenvalue weighted by Crippen LogP contribution is 2.22. The molecule has 0 aliphatic carbocycles. The molecule has 5 heteroatoms. The first kappa shape index (κ1) is 12.7. The Morgan fingerprint density at radius 1 is 1.31 bits per heavy atom. The maximum Gasteiger partial charge on any atom is 0.389 e. The Morgan fingerprint density at radius 2 is 2.00 bits per heavy atom. The first-order chi connectivity index (χ1) is 7.38. The van der Waals surface area contributed by atoms with Gasteiger partial charge in [-0.2, -0.15) is 13.2 Å². The van der Waals surface area contributed by atoms with E-state index >= 15 is 0 Å². The molecule has 0 atom stereocenters. The Morgan fingerprint density at radius 3 is 2.56 bits per heavy atom. The van der Waals surface area contributed by atoms with Gasteiger partial charge in [-0.25, -0.2) is 0 Å². The molecule has 0 saturated carbocycles. The molecule has 2 nitrogen and oxygen atoms in total. The summed E-state index contributed by atoms with van der Waals surface area (Å²) >= 11 is 0. The Bertz CT molecular complexity index is 336.